The van der Waals surface area contributed by atoms with Crippen molar-refractivity contribution in [3.05, 3.63) is 99.1 Å². The lowest BCUT2D eigenvalue weighted by Crippen LogP contribution is -2.40. The molecule has 2 aliphatic heterocycles. The summed E-state index contributed by atoms with van der Waals surface area (Å²) in [6.45, 7) is 2.22. The van der Waals surface area contributed by atoms with Crippen molar-refractivity contribution >= 4 is 34.4 Å². The Labute approximate surface area is 273 Å². The van der Waals surface area contributed by atoms with Crippen molar-refractivity contribution in [3.63, 3.8) is 0 Å². The molecule has 1 amide bonds. The Hall–Kier alpha value is -3.67. The maximum atomic E-state index is 13.0. The summed E-state index contributed by atoms with van der Waals surface area (Å²) >= 11 is 7.17. The number of aliphatic hydroxyl groups is 1. The van der Waals surface area contributed by atoms with Gasteiger partial charge in [-0.05, 0) is 54.5 Å². The number of nitrogens with zero attached hydrogens (tertiary/aromatic N) is 3. The van der Waals surface area contributed by atoms with Gasteiger partial charge in [-0.3, -0.25) is 19.0 Å². The van der Waals surface area contributed by atoms with E-state index in [1.54, 1.807) is 23.9 Å². The molecule has 0 bridgehead atoms. The van der Waals surface area contributed by atoms with E-state index in [9.17, 15) is 9.59 Å². The number of aromatic nitrogens is 2. The monoisotopic (exact) mass is 644 g/mol. The van der Waals surface area contributed by atoms with Gasteiger partial charge in [-0.1, -0.05) is 48.1 Å². The summed E-state index contributed by atoms with van der Waals surface area (Å²) in [5, 5.41) is 19.3. The molecule has 11 heteroatoms. The number of halogens is 1. The topological polar surface area (TPSA) is 129 Å². The number of aliphatic hydroxyl groups excluding tert-OH is 1. The summed E-state index contributed by atoms with van der Waals surface area (Å²) in [6.07, 6.45) is 21.2. The molecular formula is C35H41ClN6O4. The van der Waals surface area contributed by atoms with Crippen LogP contribution in [0.5, 0.6) is 0 Å². The van der Waals surface area contributed by atoms with Crippen LogP contribution < -0.4 is 21.5 Å². The van der Waals surface area contributed by atoms with E-state index in [-0.39, 0.29) is 48.1 Å². The molecule has 0 spiro atoms. The van der Waals surface area contributed by atoms with Crippen LogP contribution >= 0.6 is 11.6 Å². The number of dihydropyridines is 1. The van der Waals surface area contributed by atoms with E-state index < -0.39 is 0 Å². The molecule has 242 valence electrons. The third kappa shape index (κ3) is 7.16. The van der Waals surface area contributed by atoms with Crippen molar-refractivity contribution in [1.29, 1.82) is 0 Å². The van der Waals surface area contributed by atoms with Crippen molar-refractivity contribution in [2.45, 2.75) is 44.5 Å². The Morgan fingerprint density at radius 1 is 1.15 bits per heavy atom. The third-order valence-corrected chi connectivity index (χ3v) is 9.58. The van der Waals surface area contributed by atoms with E-state index in [1.807, 2.05) is 18.2 Å². The Bertz CT molecular complexity index is 1710. The molecule has 4 unspecified atom stereocenters. The van der Waals surface area contributed by atoms with E-state index in [0.717, 1.165) is 53.3 Å². The van der Waals surface area contributed by atoms with Gasteiger partial charge in [0, 0.05) is 86.1 Å². The van der Waals surface area contributed by atoms with Crippen LogP contribution in [-0.2, 0) is 16.1 Å². The molecule has 4 N–H and O–H groups in total. The molecule has 46 heavy (non-hydrogen) atoms. The van der Waals surface area contributed by atoms with Gasteiger partial charge in [0.2, 0.25) is 5.91 Å². The average Bonchev–Trinajstić information content (AvgIpc) is 3.50. The zero-order valence-electron chi connectivity index (χ0n) is 26.0. The van der Waals surface area contributed by atoms with Gasteiger partial charge in [-0.15, -0.1) is 0 Å². The number of hydrogen-bond donors (Lipinski definition) is 4. The fourth-order valence-electron chi connectivity index (χ4n) is 6.58. The average molecular weight is 645 g/mol. The summed E-state index contributed by atoms with van der Waals surface area (Å²) in [4.78, 5) is 33.9. The SMILES string of the molecule is COC1N=C(C2=C(Cl)C(C3C=C(c4ccn5c(=O)c(CNCCO)cnc5c4)C=CC3)CC=C2)C=CC1CNC[C@@H]1CCC(=O)N1. The van der Waals surface area contributed by atoms with E-state index >= 15 is 0 Å². The van der Waals surface area contributed by atoms with Crippen LogP contribution in [0.25, 0.3) is 11.2 Å². The summed E-state index contributed by atoms with van der Waals surface area (Å²) in [6, 6.07) is 4.07. The number of carbonyl (C=O) groups is 1. The van der Waals surface area contributed by atoms with Crippen molar-refractivity contribution in [1.82, 2.24) is 25.3 Å². The molecule has 1 saturated heterocycles. The van der Waals surface area contributed by atoms with E-state index in [1.165, 1.54) is 0 Å². The van der Waals surface area contributed by atoms with Crippen molar-refractivity contribution in [2.24, 2.45) is 22.7 Å². The van der Waals surface area contributed by atoms with Gasteiger partial charge in [0.05, 0.1) is 12.3 Å². The predicted molar refractivity (Wildman–Crippen MR) is 181 cm³/mol. The zero-order valence-corrected chi connectivity index (χ0v) is 26.7. The lowest BCUT2D eigenvalue weighted by molar-refractivity contribution is -0.119. The van der Waals surface area contributed by atoms with Gasteiger partial charge in [-0.2, -0.15) is 0 Å². The molecule has 4 aliphatic rings. The second-order valence-electron chi connectivity index (χ2n) is 12.2. The number of pyridine rings is 1. The van der Waals surface area contributed by atoms with Gasteiger partial charge in [0.25, 0.3) is 5.56 Å². The lowest BCUT2D eigenvalue weighted by Gasteiger charge is -2.30. The molecule has 10 nitrogen and oxygen atoms in total. The Morgan fingerprint density at radius 3 is 2.83 bits per heavy atom. The number of fused-ring (bicyclic) bond motifs is 1. The van der Waals surface area contributed by atoms with Gasteiger partial charge < -0.3 is 25.8 Å². The highest BCUT2D eigenvalue weighted by Gasteiger charge is 2.30. The molecule has 4 heterocycles. The van der Waals surface area contributed by atoms with E-state index in [2.05, 4.69) is 57.4 Å². The van der Waals surface area contributed by atoms with Crippen LogP contribution in [0, 0.1) is 17.8 Å². The van der Waals surface area contributed by atoms with Gasteiger partial charge in [-0.25, -0.2) is 4.98 Å². The minimum Gasteiger partial charge on any atom is -0.395 e. The molecular weight excluding hydrogens is 604 g/mol. The van der Waals surface area contributed by atoms with Crippen molar-refractivity contribution in [3.8, 4) is 0 Å². The first-order chi connectivity index (χ1) is 22.4. The van der Waals surface area contributed by atoms with Crippen LogP contribution in [0.4, 0.5) is 0 Å². The molecule has 2 aromatic heterocycles. The lowest BCUT2D eigenvalue weighted by atomic mass is 9.78. The highest BCUT2D eigenvalue weighted by molar-refractivity contribution is 6.34. The second-order valence-corrected chi connectivity index (χ2v) is 12.6. The minimum absolute atomic E-state index is 0.0119. The predicted octanol–water partition coefficient (Wildman–Crippen LogP) is 3.27. The van der Waals surface area contributed by atoms with Gasteiger partial charge in [0.1, 0.15) is 5.65 Å². The van der Waals surface area contributed by atoms with Crippen molar-refractivity contribution in [2.75, 3.05) is 33.4 Å². The Morgan fingerprint density at radius 2 is 2.02 bits per heavy atom. The normalized spacial score (nSPS) is 26.1. The first kappa shape index (κ1) is 32.3. The first-order valence-electron chi connectivity index (χ1n) is 16.0. The number of amides is 1. The molecule has 0 saturated carbocycles. The number of rotatable bonds is 12. The number of methoxy groups -OCH3 is 1. The highest BCUT2D eigenvalue weighted by Crippen LogP contribution is 2.40. The number of hydrogen-bond acceptors (Lipinski definition) is 8. The second kappa shape index (κ2) is 14.8. The van der Waals surface area contributed by atoms with Crippen LogP contribution in [0.1, 0.15) is 36.8 Å². The number of aliphatic imine (C=N–C) groups is 1. The van der Waals surface area contributed by atoms with E-state index in [0.29, 0.717) is 37.3 Å². The third-order valence-electron chi connectivity index (χ3n) is 9.10. The summed E-state index contributed by atoms with van der Waals surface area (Å²) in [5.74, 6) is 0.494. The van der Waals surface area contributed by atoms with Crippen LogP contribution in [0.3, 0.4) is 0 Å². The largest absolute Gasteiger partial charge is 0.395 e. The Kier molecular flexibility index (Phi) is 10.4. The fourth-order valence-corrected chi connectivity index (χ4v) is 6.99. The maximum Gasteiger partial charge on any atom is 0.262 e. The highest BCUT2D eigenvalue weighted by atomic mass is 35.5. The summed E-state index contributed by atoms with van der Waals surface area (Å²) in [5.41, 5.74) is 4.83. The number of allylic oxidation sites excluding steroid dienone is 9. The molecule has 2 aliphatic carbocycles. The standard InChI is InChI=1S/C35H41ClN6O4/c1-46-34-25(18-38-21-27-9-11-32(44)40-27)8-10-30(41-34)29-7-3-6-28(33(29)36)24-5-2-4-22(16-24)23-12-14-42-31(17-23)39-20-26(35(42)45)19-37-13-15-43/h2-4,7-8,10,12,14,16-17,20,24-25,27-28,34,37-38,43H,5-6,9,11,13,15,18-19,21H2,1H3,(H,40,44)/t24?,25?,27-,28?,34?/m0/s1. The summed E-state index contributed by atoms with van der Waals surface area (Å²) in [7, 11) is 1.68. The van der Waals surface area contributed by atoms with Crippen LogP contribution in [0.2, 0.25) is 0 Å². The molecule has 0 aromatic carbocycles. The molecule has 6 rings (SSSR count). The molecule has 0 radical (unpaired) electrons. The van der Waals surface area contributed by atoms with E-state index in [4.69, 9.17) is 26.4 Å². The minimum atomic E-state index is -0.331. The Balaban J connectivity index is 1.15. The smallest absolute Gasteiger partial charge is 0.262 e. The number of carbonyl (C=O) groups excluding carboxylic acids is 1. The molecule has 2 aromatic rings. The first-order valence-corrected chi connectivity index (χ1v) is 16.4. The van der Waals surface area contributed by atoms with Crippen molar-refractivity contribution < 1.29 is 14.6 Å². The van der Waals surface area contributed by atoms with Crippen LogP contribution in [-0.4, -0.2) is 71.7 Å². The molecule has 1 fully saturated rings. The summed E-state index contributed by atoms with van der Waals surface area (Å²) < 4.78 is 7.34. The van der Waals surface area contributed by atoms with Crippen LogP contribution in [0.15, 0.2) is 87.5 Å². The number of nitrogens with one attached hydrogen (secondary N) is 3. The molecule has 5 atom stereocenters. The van der Waals surface area contributed by atoms with Gasteiger partial charge in [0.15, 0.2) is 6.23 Å². The zero-order chi connectivity index (χ0) is 32.0. The quantitative estimate of drug-likeness (QED) is 0.261. The number of ether oxygens (including phenoxy) is 1. The maximum absolute atomic E-state index is 13.0. The van der Waals surface area contributed by atoms with Gasteiger partial charge >= 0.3 is 0 Å². The fraction of sp³-hybridized carbons (Fsp3) is 0.429.